The summed E-state index contributed by atoms with van der Waals surface area (Å²) in [5.74, 6) is -1.46. The Kier molecular flexibility index (Phi) is 6.75. The van der Waals surface area contributed by atoms with Crippen molar-refractivity contribution in [3.8, 4) is 5.75 Å². The maximum absolute atomic E-state index is 12.6. The van der Waals surface area contributed by atoms with Crippen molar-refractivity contribution in [3.05, 3.63) is 57.0 Å². The number of carbonyl (C=O) groups excluding carboxylic acids is 2. The zero-order chi connectivity index (χ0) is 19.4. The molecule has 0 radical (unpaired) electrons. The first kappa shape index (κ1) is 20.4. The van der Waals surface area contributed by atoms with Gasteiger partial charge < -0.3 is 15.7 Å². The first-order valence-corrected chi connectivity index (χ1v) is 8.87. The second-order valence-corrected chi connectivity index (χ2v) is 7.23. The summed E-state index contributed by atoms with van der Waals surface area (Å²) in [6, 6.07) is 7.96. The normalized spacial score (nSPS) is 11.9. The quantitative estimate of drug-likeness (QED) is 0.659. The fourth-order valence-electron chi connectivity index (χ4n) is 2.24. The van der Waals surface area contributed by atoms with E-state index >= 15 is 0 Å². The first-order valence-electron chi connectivity index (χ1n) is 7.74. The van der Waals surface area contributed by atoms with Gasteiger partial charge in [-0.15, -0.1) is 0 Å². The Bertz CT molecular complexity index is 840. The highest BCUT2D eigenvalue weighted by molar-refractivity contribution is 6.42. The SMILES string of the molecule is CC(C)[C@@H](NC(=O)c1cc(Cl)ccc1O)C(=O)Nc1ccc(Cl)c(Cl)c1. The fraction of sp³-hybridized carbons (Fsp3) is 0.222. The van der Waals surface area contributed by atoms with Crippen molar-refractivity contribution in [1.82, 2.24) is 5.32 Å². The van der Waals surface area contributed by atoms with Gasteiger partial charge in [-0.3, -0.25) is 9.59 Å². The van der Waals surface area contributed by atoms with Crippen molar-refractivity contribution >= 4 is 52.3 Å². The third-order valence-corrected chi connectivity index (χ3v) is 4.60. The molecule has 0 fully saturated rings. The predicted octanol–water partition coefficient (Wildman–Crippen LogP) is 4.75. The van der Waals surface area contributed by atoms with E-state index in [9.17, 15) is 14.7 Å². The molecule has 0 aliphatic heterocycles. The van der Waals surface area contributed by atoms with Crippen LogP contribution in [0.15, 0.2) is 36.4 Å². The van der Waals surface area contributed by atoms with Crippen LogP contribution in [0.25, 0.3) is 0 Å². The molecule has 0 unspecified atom stereocenters. The summed E-state index contributed by atoms with van der Waals surface area (Å²) in [7, 11) is 0. The van der Waals surface area contributed by atoms with Crippen LogP contribution in [0.2, 0.25) is 15.1 Å². The first-order chi connectivity index (χ1) is 12.2. The standard InChI is InChI=1S/C18H17Cl3N2O3/c1-9(2)16(18(26)22-11-4-5-13(20)14(21)8-11)23-17(25)12-7-10(19)3-6-15(12)24/h3-9,16,24H,1-2H3,(H,22,26)(H,23,25)/t16-/m1/s1. The number of aromatic hydroxyl groups is 1. The van der Waals surface area contributed by atoms with Crippen LogP contribution in [-0.4, -0.2) is 23.0 Å². The molecule has 0 saturated heterocycles. The van der Waals surface area contributed by atoms with E-state index in [0.717, 1.165) is 0 Å². The number of carbonyl (C=O) groups is 2. The van der Waals surface area contributed by atoms with E-state index in [-0.39, 0.29) is 17.2 Å². The van der Waals surface area contributed by atoms with Crippen molar-refractivity contribution in [2.75, 3.05) is 5.32 Å². The molecule has 0 aliphatic rings. The summed E-state index contributed by atoms with van der Waals surface area (Å²) in [6.07, 6.45) is 0. The molecule has 138 valence electrons. The van der Waals surface area contributed by atoms with Crippen LogP contribution < -0.4 is 10.6 Å². The summed E-state index contributed by atoms with van der Waals surface area (Å²) in [6.45, 7) is 3.58. The summed E-state index contributed by atoms with van der Waals surface area (Å²) in [4.78, 5) is 25.0. The number of phenols is 1. The summed E-state index contributed by atoms with van der Waals surface area (Å²) in [5, 5.41) is 16.1. The van der Waals surface area contributed by atoms with Crippen LogP contribution in [0.3, 0.4) is 0 Å². The number of hydrogen-bond acceptors (Lipinski definition) is 3. The van der Waals surface area contributed by atoms with Gasteiger partial charge in [0.15, 0.2) is 0 Å². The molecular formula is C18H17Cl3N2O3. The molecule has 2 amide bonds. The Labute approximate surface area is 166 Å². The second-order valence-electron chi connectivity index (χ2n) is 5.97. The van der Waals surface area contributed by atoms with Crippen LogP contribution in [0.1, 0.15) is 24.2 Å². The predicted molar refractivity (Wildman–Crippen MR) is 104 cm³/mol. The number of rotatable bonds is 5. The number of anilines is 1. The monoisotopic (exact) mass is 414 g/mol. The lowest BCUT2D eigenvalue weighted by Gasteiger charge is -2.22. The third kappa shape index (κ3) is 5.04. The average molecular weight is 416 g/mol. The molecule has 5 nitrogen and oxygen atoms in total. The number of nitrogens with one attached hydrogen (secondary N) is 2. The van der Waals surface area contributed by atoms with Crippen LogP contribution in [0, 0.1) is 5.92 Å². The van der Waals surface area contributed by atoms with Gasteiger partial charge in [0.1, 0.15) is 11.8 Å². The topological polar surface area (TPSA) is 78.4 Å². The average Bonchev–Trinajstić information content (AvgIpc) is 2.57. The molecule has 0 aliphatic carbocycles. The molecule has 8 heteroatoms. The van der Waals surface area contributed by atoms with Gasteiger partial charge in [0.2, 0.25) is 5.91 Å². The van der Waals surface area contributed by atoms with E-state index in [1.807, 2.05) is 0 Å². The van der Waals surface area contributed by atoms with Crippen molar-refractivity contribution in [2.24, 2.45) is 5.92 Å². The Balaban J connectivity index is 2.17. The molecule has 0 spiro atoms. The molecule has 1 atom stereocenters. The van der Waals surface area contributed by atoms with Gasteiger partial charge in [0, 0.05) is 10.7 Å². The van der Waals surface area contributed by atoms with Gasteiger partial charge >= 0.3 is 0 Å². The molecule has 0 bridgehead atoms. The van der Waals surface area contributed by atoms with E-state index in [0.29, 0.717) is 20.8 Å². The van der Waals surface area contributed by atoms with E-state index in [1.165, 1.54) is 24.3 Å². The lowest BCUT2D eigenvalue weighted by molar-refractivity contribution is -0.118. The van der Waals surface area contributed by atoms with Crippen molar-refractivity contribution < 1.29 is 14.7 Å². The van der Waals surface area contributed by atoms with Crippen molar-refractivity contribution in [1.29, 1.82) is 0 Å². The molecule has 0 heterocycles. The lowest BCUT2D eigenvalue weighted by Crippen LogP contribution is -2.47. The molecule has 3 N–H and O–H groups in total. The number of halogens is 3. The van der Waals surface area contributed by atoms with E-state index < -0.39 is 17.9 Å². The van der Waals surface area contributed by atoms with Gasteiger partial charge in [-0.25, -0.2) is 0 Å². The molecular weight excluding hydrogens is 399 g/mol. The van der Waals surface area contributed by atoms with E-state index in [4.69, 9.17) is 34.8 Å². The maximum Gasteiger partial charge on any atom is 0.255 e. The van der Waals surface area contributed by atoms with Crippen LogP contribution in [0.4, 0.5) is 5.69 Å². The molecule has 0 aromatic heterocycles. The van der Waals surface area contributed by atoms with Crippen molar-refractivity contribution in [3.63, 3.8) is 0 Å². The number of hydrogen-bond donors (Lipinski definition) is 3. The summed E-state index contributed by atoms with van der Waals surface area (Å²) in [5.41, 5.74) is 0.445. The van der Waals surface area contributed by atoms with Gasteiger partial charge in [0.25, 0.3) is 5.91 Å². The minimum Gasteiger partial charge on any atom is -0.507 e. The highest BCUT2D eigenvalue weighted by atomic mass is 35.5. The van der Waals surface area contributed by atoms with Gasteiger partial charge in [0.05, 0.1) is 15.6 Å². The largest absolute Gasteiger partial charge is 0.507 e. The molecule has 26 heavy (non-hydrogen) atoms. The Morgan fingerprint density at radius 1 is 1.00 bits per heavy atom. The smallest absolute Gasteiger partial charge is 0.255 e. The van der Waals surface area contributed by atoms with Gasteiger partial charge in [-0.2, -0.15) is 0 Å². The van der Waals surface area contributed by atoms with Crippen LogP contribution in [-0.2, 0) is 4.79 Å². The van der Waals surface area contributed by atoms with E-state index in [1.54, 1.807) is 26.0 Å². The van der Waals surface area contributed by atoms with Crippen molar-refractivity contribution in [2.45, 2.75) is 19.9 Å². The maximum atomic E-state index is 12.6. The third-order valence-electron chi connectivity index (χ3n) is 3.63. The zero-order valence-electron chi connectivity index (χ0n) is 14.0. The van der Waals surface area contributed by atoms with Crippen LogP contribution >= 0.6 is 34.8 Å². The minimum absolute atomic E-state index is 0.00881. The summed E-state index contributed by atoms with van der Waals surface area (Å²) < 4.78 is 0. The second kappa shape index (κ2) is 8.62. The molecule has 2 rings (SSSR count). The summed E-state index contributed by atoms with van der Waals surface area (Å²) >= 11 is 17.7. The van der Waals surface area contributed by atoms with Gasteiger partial charge in [-0.05, 0) is 42.3 Å². The van der Waals surface area contributed by atoms with Gasteiger partial charge in [-0.1, -0.05) is 48.7 Å². The molecule has 0 saturated carbocycles. The van der Waals surface area contributed by atoms with Crippen LogP contribution in [0.5, 0.6) is 5.75 Å². The molecule has 2 aromatic rings. The highest BCUT2D eigenvalue weighted by Gasteiger charge is 2.26. The molecule has 2 aromatic carbocycles. The fourth-order valence-corrected chi connectivity index (χ4v) is 2.71. The Hall–Kier alpha value is -1.95. The number of amides is 2. The highest BCUT2D eigenvalue weighted by Crippen LogP contribution is 2.25. The lowest BCUT2D eigenvalue weighted by atomic mass is 10.0. The van der Waals surface area contributed by atoms with E-state index in [2.05, 4.69) is 10.6 Å². The zero-order valence-corrected chi connectivity index (χ0v) is 16.3. The minimum atomic E-state index is -0.838. The number of benzene rings is 2. The Morgan fingerprint density at radius 3 is 2.31 bits per heavy atom. The number of phenolic OH excluding ortho intramolecular Hbond substituents is 1. The Morgan fingerprint density at radius 2 is 1.69 bits per heavy atom.